The Hall–Kier alpha value is -2.58. The Balaban J connectivity index is 1.86. The standard InChI is InChI=1S/C21H20O2/c1-16(17-10-4-2-5-11-17)23-20-15-9-8-14-19(20)21(22)18-12-6-3-7-13-18/h2-16,21-22H,1H3/t16-,21-/m0/s1. The van der Waals surface area contributed by atoms with Crippen molar-refractivity contribution in [2.75, 3.05) is 0 Å². The molecule has 2 atom stereocenters. The molecule has 0 fully saturated rings. The van der Waals surface area contributed by atoms with Crippen molar-refractivity contribution in [3.05, 3.63) is 102 Å². The van der Waals surface area contributed by atoms with E-state index in [0.29, 0.717) is 5.75 Å². The monoisotopic (exact) mass is 304 g/mol. The van der Waals surface area contributed by atoms with E-state index in [1.807, 2.05) is 91.9 Å². The van der Waals surface area contributed by atoms with Crippen molar-refractivity contribution < 1.29 is 9.84 Å². The second-order valence-corrected chi connectivity index (χ2v) is 5.52. The number of ether oxygens (including phenoxy) is 1. The molecular weight excluding hydrogens is 284 g/mol. The van der Waals surface area contributed by atoms with Crippen molar-refractivity contribution in [2.45, 2.75) is 19.1 Å². The van der Waals surface area contributed by atoms with Gasteiger partial charge in [0.25, 0.3) is 0 Å². The second kappa shape index (κ2) is 7.12. The Labute approximate surface area is 137 Å². The van der Waals surface area contributed by atoms with E-state index in [1.54, 1.807) is 0 Å². The molecule has 0 amide bonds. The van der Waals surface area contributed by atoms with Gasteiger partial charge in [0.1, 0.15) is 18.0 Å². The Bertz CT molecular complexity index is 738. The van der Waals surface area contributed by atoms with E-state index in [-0.39, 0.29) is 6.10 Å². The quantitative estimate of drug-likeness (QED) is 0.726. The van der Waals surface area contributed by atoms with Crippen molar-refractivity contribution in [3.63, 3.8) is 0 Å². The number of hydrogen-bond acceptors (Lipinski definition) is 2. The van der Waals surface area contributed by atoms with E-state index in [0.717, 1.165) is 16.7 Å². The fraction of sp³-hybridized carbons (Fsp3) is 0.143. The number of benzene rings is 3. The van der Waals surface area contributed by atoms with Gasteiger partial charge in [0, 0.05) is 5.56 Å². The van der Waals surface area contributed by atoms with Crippen LogP contribution in [0.4, 0.5) is 0 Å². The minimum Gasteiger partial charge on any atom is -0.486 e. The summed E-state index contributed by atoms with van der Waals surface area (Å²) in [6, 6.07) is 27.4. The van der Waals surface area contributed by atoms with E-state index >= 15 is 0 Å². The highest BCUT2D eigenvalue weighted by Crippen LogP contribution is 2.32. The summed E-state index contributed by atoms with van der Waals surface area (Å²) in [5.74, 6) is 0.709. The summed E-state index contributed by atoms with van der Waals surface area (Å²) in [5, 5.41) is 10.7. The zero-order chi connectivity index (χ0) is 16.1. The molecule has 0 saturated carbocycles. The van der Waals surface area contributed by atoms with Gasteiger partial charge in [-0.05, 0) is 24.1 Å². The molecule has 0 unspecified atom stereocenters. The van der Waals surface area contributed by atoms with Crippen LogP contribution in [0.15, 0.2) is 84.9 Å². The lowest BCUT2D eigenvalue weighted by Crippen LogP contribution is -2.07. The third kappa shape index (κ3) is 3.61. The van der Waals surface area contributed by atoms with E-state index in [2.05, 4.69) is 0 Å². The normalized spacial score (nSPS) is 13.3. The fourth-order valence-corrected chi connectivity index (χ4v) is 2.61. The van der Waals surface area contributed by atoms with Crippen LogP contribution in [-0.4, -0.2) is 5.11 Å². The van der Waals surface area contributed by atoms with Gasteiger partial charge >= 0.3 is 0 Å². The first-order valence-electron chi connectivity index (χ1n) is 7.79. The molecular formula is C21H20O2. The summed E-state index contributed by atoms with van der Waals surface area (Å²) in [6.45, 7) is 2.01. The molecule has 0 aromatic heterocycles. The molecule has 0 bridgehead atoms. The molecule has 0 heterocycles. The SMILES string of the molecule is C[C@H](Oc1ccccc1[C@@H](O)c1ccccc1)c1ccccc1. The van der Waals surface area contributed by atoms with Gasteiger partial charge < -0.3 is 9.84 Å². The minimum absolute atomic E-state index is 0.0830. The van der Waals surface area contributed by atoms with Gasteiger partial charge in [-0.2, -0.15) is 0 Å². The second-order valence-electron chi connectivity index (χ2n) is 5.52. The smallest absolute Gasteiger partial charge is 0.126 e. The summed E-state index contributed by atoms with van der Waals surface area (Å²) in [4.78, 5) is 0. The molecule has 0 saturated heterocycles. The summed E-state index contributed by atoms with van der Waals surface area (Å²) >= 11 is 0. The highest BCUT2D eigenvalue weighted by Gasteiger charge is 2.17. The van der Waals surface area contributed by atoms with E-state index in [9.17, 15) is 5.11 Å². The molecule has 0 aliphatic carbocycles. The maximum atomic E-state index is 10.7. The van der Waals surface area contributed by atoms with Crippen LogP contribution in [0.2, 0.25) is 0 Å². The van der Waals surface area contributed by atoms with Gasteiger partial charge in [-0.15, -0.1) is 0 Å². The van der Waals surface area contributed by atoms with Crippen LogP contribution in [0.5, 0.6) is 5.75 Å². The molecule has 0 aliphatic rings. The Morgan fingerprint density at radius 1 is 0.696 bits per heavy atom. The lowest BCUT2D eigenvalue weighted by molar-refractivity contribution is 0.192. The third-order valence-corrected chi connectivity index (χ3v) is 3.90. The van der Waals surface area contributed by atoms with E-state index in [4.69, 9.17) is 4.74 Å². The molecule has 0 aliphatic heterocycles. The number of aliphatic hydroxyl groups excluding tert-OH is 1. The molecule has 2 nitrogen and oxygen atoms in total. The summed E-state index contributed by atoms with van der Waals surface area (Å²) in [6.07, 6.45) is -0.782. The van der Waals surface area contributed by atoms with Crippen LogP contribution in [0.3, 0.4) is 0 Å². The third-order valence-electron chi connectivity index (χ3n) is 3.90. The van der Waals surface area contributed by atoms with Crippen LogP contribution >= 0.6 is 0 Å². The molecule has 0 spiro atoms. The highest BCUT2D eigenvalue weighted by atomic mass is 16.5. The topological polar surface area (TPSA) is 29.5 Å². The summed E-state index contributed by atoms with van der Waals surface area (Å²) in [7, 11) is 0. The highest BCUT2D eigenvalue weighted by molar-refractivity contribution is 5.40. The van der Waals surface area contributed by atoms with Crippen LogP contribution < -0.4 is 4.74 Å². The van der Waals surface area contributed by atoms with Gasteiger partial charge in [-0.3, -0.25) is 0 Å². The molecule has 3 rings (SSSR count). The molecule has 0 radical (unpaired) electrons. The maximum Gasteiger partial charge on any atom is 0.126 e. The van der Waals surface area contributed by atoms with Crippen LogP contribution in [0, 0.1) is 0 Å². The molecule has 1 N–H and O–H groups in total. The molecule has 3 aromatic rings. The first-order valence-corrected chi connectivity index (χ1v) is 7.79. The van der Waals surface area contributed by atoms with Crippen molar-refractivity contribution in [1.82, 2.24) is 0 Å². The van der Waals surface area contributed by atoms with Gasteiger partial charge in [0.05, 0.1) is 0 Å². The van der Waals surface area contributed by atoms with Crippen LogP contribution in [0.1, 0.15) is 35.8 Å². The number of rotatable bonds is 5. The Morgan fingerprint density at radius 2 is 1.22 bits per heavy atom. The van der Waals surface area contributed by atoms with E-state index < -0.39 is 6.10 Å². The number of hydrogen-bond donors (Lipinski definition) is 1. The molecule has 116 valence electrons. The molecule has 2 heteroatoms. The first-order chi connectivity index (χ1) is 11.3. The van der Waals surface area contributed by atoms with Gasteiger partial charge in [0.2, 0.25) is 0 Å². The van der Waals surface area contributed by atoms with Crippen molar-refractivity contribution in [1.29, 1.82) is 0 Å². The van der Waals surface area contributed by atoms with Crippen molar-refractivity contribution in [2.24, 2.45) is 0 Å². The predicted octanol–water partition coefficient (Wildman–Crippen LogP) is 4.91. The number of para-hydroxylation sites is 1. The van der Waals surface area contributed by atoms with E-state index in [1.165, 1.54) is 0 Å². The average Bonchev–Trinajstić information content (AvgIpc) is 2.63. The average molecular weight is 304 g/mol. The van der Waals surface area contributed by atoms with Gasteiger partial charge in [-0.1, -0.05) is 78.9 Å². The lowest BCUT2D eigenvalue weighted by atomic mass is 10.0. The Morgan fingerprint density at radius 3 is 1.87 bits per heavy atom. The van der Waals surface area contributed by atoms with Crippen molar-refractivity contribution in [3.8, 4) is 5.75 Å². The zero-order valence-electron chi connectivity index (χ0n) is 13.1. The molecule has 3 aromatic carbocycles. The molecule has 23 heavy (non-hydrogen) atoms. The van der Waals surface area contributed by atoms with Crippen LogP contribution in [-0.2, 0) is 0 Å². The Kier molecular flexibility index (Phi) is 4.74. The summed E-state index contributed by atoms with van der Waals surface area (Å²) < 4.78 is 6.11. The number of aliphatic hydroxyl groups is 1. The predicted molar refractivity (Wildman–Crippen MR) is 92.4 cm³/mol. The van der Waals surface area contributed by atoms with Crippen LogP contribution in [0.25, 0.3) is 0 Å². The zero-order valence-corrected chi connectivity index (χ0v) is 13.1. The van der Waals surface area contributed by atoms with Gasteiger partial charge in [-0.25, -0.2) is 0 Å². The fourth-order valence-electron chi connectivity index (χ4n) is 2.61. The van der Waals surface area contributed by atoms with Gasteiger partial charge in [0.15, 0.2) is 0 Å². The maximum absolute atomic E-state index is 10.7. The first kappa shape index (κ1) is 15.3. The van der Waals surface area contributed by atoms with Crippen molar-refractivity contribution >= 4 is 0 Å². The largest absolute Gasteiger partial charge is 0.486 e. The summed E-state index contributed by atoms with van der Waals surface area (Å²) in [5.41, 5.74) is 2.74. The minimum atomic E-state index is -0.699. The lowest BCUT2D eigenvalue weighted by Gasteiger charge is -2.20.